The van der Waals surface area contributed by atoms with Gasteiger partial charge in [0, 0.05) is 33.0 Å². The van der Waals surface area contributed by atoms with Gasteiger partial charge in [0.05, 0.1) is 17.0 Å². The average Bonchev–Trinajstić information content (AvgIpc) is 3.81. The van der Waals surface area contributed by atoms with Gasteiger partial charge < -0.3 is 9.73 Å². The Morgan fingerprint density at radius 3 is 1.63 bits per heavy atom. The van der Waals surface area contributed by atoms with E-state index in [9.17, 15) is 0 Å². The van der Waals surface area contributed by atoms with E-state index in [1.807, 2.05) is 72.8 Å². The molecule has 6 heteroatoms. The minimum absolute atomic E-state index is 0.422. The van der Waals surface area contributed by atoms with E-state index in [2.05, 4.69) is 169 Å². The molecule has 9 aromatic carbocycles. The highest BCUT2D eigenvalue weighted by atomic mass is 16.3. The van der Waals surface area contributed by atoms with Crippen LogP contribution in [0.3, 0.4) is 0 Å². The average molecular weight is 860 g/mol. The van der Waals surface area contributed by atoms with Crippen LogP contribution >= 0.6 is 0 Å². The van der Waals surface area contributed by atoms with Crippen molar-refractivity contribution in [2.45, 2.75) is 6.17 Å². The molecule has 3 heterocycles. The summed E-state index contributed by atoms with van der Waals surface area (Å²) >= 11 is 0. The predicted molar refractivity (Wildman–Crippen MR) is 274 cm³/mol. The molecule has 0 spiro atoms. The van der Waals surface area contributed by atoms with E-state index in [-0.39, 0.29) is 0 Å². The molecule has 0 saturated heterocycles. The Kier molecular flexibility index (Phi) is 10.1. The molecule has 1 aliphatic heterocycles. The van der Waals surface area contributed by atoms with Crippen molar-refractivity contribution < 1.29 is 4.42 Å². The standard InChI is InChI=1S/C61H41N5O/c1-5-19-40(20-6-1)53-38-45(35-36-48(53)47-29-13-14-31-51(47)60-62-54(41-21-7-2-8-22-41)39-55(63-60)42-23-9-3-10-24-42)44-27-17-28-46(37-44)59-64-58(43-25-11-4-12-26-43)65-61(66-59)52-33-18-32-50-49-30-15-16-34-56(49)67-57(50)52/h1-39,59H,(H,64,65,66). The molecule has 1 unspecified atom stereocenters. The van der Waals surface area contributed by atoms with Crippen molar-refractivity contribution in [1.29, 1.82) is 0 Å². The number of amidine groups is 2. The molecule has 1 N–H and O–H groups in total. The number of aromatic nitrogens is 2. The third kappa shape index (κ3) is 7.66. The van der Waals surface area contributed by atoms with Crippen LogP contribution in [0.25, 0.3) is 89.2 Å². The van der Waals surface area contributed by atoms with Crippen LogP contribution in [0.2, 0.25) is 0 Å². The quantitative estimate of drug-likeness (QED) is 0.157. The normalized spacial score (nSPS) is 13.5. The van der Waals surface area contributed by atoms with Gasteiger partial charge in [-0.3, -0.25) is 0 Å². The number of benzene rings is 9. The Balaban J connectivity index is 0.956. The fraction of sp³-hybridized carbons (Fsp3) is 0.0164. The number of furan rings is 1. The lowest BCUT2D eigenvalue weighted by Gasteiger charge is -2.24. The van der Waals surface area contributed by atoms with Gasteiger partial charge in [-0.05, 0) is 69.3 Å². The van der Waals surface area contributed by atoms with E-state index in [1.54, 1.807) is 0 Å². The summed E-state index contributed by atoms with van der Waals surface area (Å²) in [5.74, 6) is 2.03. The highest BCUT2D eigenvalue weighted by molar-refractivity contribution is 6.19. The monoisotopic (exact) mass is 859 g/mol. The summed E-state index contributed by atoms with van der Waals surface area (Å²) in [4.78, 5) is 20.9. The first-order valence-corrected chi connectivity index (χ1v) is 22.5. The summed E-state index contributed by atoms with van der Waals surface area (Å²) in [6, 6.07) is 81.8. The van der Waals surface area contributed by atoms with E-state index in [1.165, 1.54) is 0 Å². The highest BCUT2D eigenvalue weighted by Gasteiger charge is 2.25. The molecular formula is C61H41N5O. The lowest BCUT2D eigenvalue weighted by Crippen LogP contribution is -2.33. The van der Waals surface area contributed by atoms with Crippen LogP contribution in [0.5, 0.6) is 0 Å². The first kappa shape index (κ1) is 39.6. The SMILES string of the molecule is c1ccc(C2=NC(c3cccc(-c4ccc(-c5ccccc5-c5nc(-c6ccccc6)cc(-c6ccccc6)n5)c(-c5ccccc5)c4)c3)NC(c3cccc4c3oc3ccccc34)=N2)cc1. The summed E-state index contributed by atoms with van der Waals surface area (Å²) in [5, 5.41) is 5.83. The van der Waals surface area contributed by atoms with E-state index in [0.717, 1.165) is 100 Å². The highest BCUT2D eigenvalue weighted by Crippen LogP contribution is 2.41. The van der Waals surface area contributed by atoms with Crippen LogP contribution in [0, 0.1) is 0 Å². The lowest BCUT2D eigenvalue weighted by atomic mass is 9.88. The predicted octanol–water partition coefficient (Wildman–Crippen LogP) is 14.9. The van der Waals surface area contributed by atoms with Crippen LogP contribution in [-0.4, -0.2) is 21.6 Å². The van der Waals surface area contributed by atoms with E-state index in [4.69, 9.17) is 24.4 Å². The zero-order valence-electron chi connectivity index (χ0n) is 36.3. The topological polar surface area (TPSA) is 75.7 Å². The van der Waals surface area contributed by atoms with Crippen LogP contribution < -0.4 is 5.32 Å². The molecular weight excluding hydrogens is 819 g/mol. The number of para-hydroxylation sites is 2. The molecule has 12 rings (SSSR count). The van der Waals surface area contributed by atoms with Gasteiger partial charge in [0.25, 0.3) is 0 Å². The van der Waals surface area contributed by atoms with Crippen LogP contribution in [0.15, 0.2) is 251 Å². The van der Waals surface area contributed by atoms with Gasteiger partial charge in [0.15, 0.2) is 11.7 Å². The van der Waals surface area contributed by atoms with Gasteiger partial charge in [-0.25, -0.2) is 20.0 Å². The second-order valence-corrected chi connectivity index (χ2v) is 16.6. The van der Waals surface area contributed by atoms with Crippen molar-refractivity contribution in [2.24, 2.45) is 9.98 Å². The summed E-state index contributed by atoms with van der Waals surface area (Å²) in [5.41, 5.74) is 15.7. The lowest BCUT2D eigenvalue weighted by molar-refractivity contribution is 0.659. The van der Waals surface area contributed by atoms with E-state index >= 15 is 0 Å². The molecule has 1 aliphatic rings. The van der Waals surface area contributed by atoms with Gasteiger partial charge in [0.1, 0.15) is 23.2 Å². The molecule has 316 valence electrons. The third-order valence-corrected chi connectivity index (χ3v) is 12.4. The summed E-state index contributed by atoms with van der Waals surface area (Å²) in [7, 11) is 0. The van der Waals surface area contributed by atoms with Gasteiger partial charge in [-0.15, -0.1) is 0 Å². The molecule has 11 aromatic rings. The fourth-order valence-corrected chi connectivity index (χ4v) is 9.10. The molecule has 2 aromatic heterocycles. The van der Waals surface area contributed by atoms with Crippen LogP contribution in [-0.2, 0) is 0 Å². The molecule has 6 nitrogen and oxygen atoms in total. The molecule has 0 radical (unpaired) electrons. The zero-order chi connectivity index (χ0) is 44.5. The first-order chi connectivity index (χ1) is 33.2. The van der Waals surface area contributed by atoms with Gasteiger partial charge in [-0.1, -0.05) is 206 Å². The van der Waals surface area contributed by atoms with E-state index < -0.39 is 6.17 Å². The maximum atomic E-state index is 6.50. The number of hydrogen-bond acceptors (Lipinski definition) is 6. The maximum absolute atomic E-state index is 6.50. The molecule has 0 bridgehead atoms. The molecule has 0 saturated carbocycles. The minimum Gasteiger partial charge on any atom is -0.455 e. The molecule has 0 fully saturated rings. The van der Waals surface area contributed by atoms with Crippen molar-refractivity contribution in [3.8, 4) is 67.3 Å². The Morgan fingerprint density at radius 1 is 0.373 bits per heavy atom. The number of rotatable bonds is 9. The van der Waals surface area contributed by atoms with Crippen molar-refractivity contribution in [3.63, 3.8) is 0 Å². The first-order valence-electron chi connectivity index (χ1n) is 22.5. The molecule has 0 amide bonds. The largest absolute Gasteiger partial charge is 0.455 e. The Bertz CT molecular complexity index is 3600. The van der Waals surface area contributed by atoms with Gasteiger partial charge in [-0.2, -0.15) is 0 Å². The summed E-state index contributed by atoms with van der Waals surface area (Å²) in [6.07, 6.45) is -0.422. The van der Waals surface area contributed by atoms with Gasteiger partial charge in [0.2, 0.25) is 0 Å². The van der Waals surface area contributed by atoms with Crippen molar-refractivity contribution >= 4 is 33.6 Å². The number of nitrogens with zero attached hydrogens (tertiary/aromatic N) is 4. The number of fused-ring (bicyclic) bond motifs is 3. The van der Waals surface area contributed by atoms with Gasteiger partial charge >= 0.3 is 0 Å². The third-order valence-electron chi connectivity index (χ3n) is 12.4. The number of nitrogens with one attached hydrogen (secondary N) is 1. The summed E-state index contributed by atoms with van der Waals surface area (Å²) in [6.45, 7) is 0. The molecule has 67 heavy (non-hydrogen) atoms. The van der Waals surface area contributed by atoms with Crippen molar-refractivity contribution in [1.82, 2.24) is 15.3 Å². The summed E-state index contributed by atoms with van der Waals surface area (Å²) < 4.78 is 6.50. The zero-order valence-corrected chi connectivity index (χ0v) is 36.3. The Hall–Kier alpha value is -9.00. The van der Waals surface area contributed by atoms with Crippen LogP contribution in [0.4, 0.5) is 0 Å². The maximum Gasteiger partial charge on any atom is 0.161 e. The Labute approximate surface area is 388 Å². The molecule has 1 atom stereocenters. The van der Waals surface area contributed by atoms with E-state index in [0.29, 0.717) is 17.5 Å². The number of aliphatic imine (C=N–C) groups is 2. The van der Waals surface area contributed by atoms with Crippen molar-refractivity contribution in [2.75, 3.05) is 0 Å². The second-order valence-electron chi connectivity index (χ2n) is 16.6. The Morgan fingerprint density at radius 2 is 0.910 bits per heavy atom. The number of hydrogen-bond donors (Lipinski definition) is 1. The second kappa shape index (κ2) is 17.2. The smallest absolute Gasteiger partial charge is 0.161 e. The minimum atomic E-state index is -0.422. The molecule has 0 aliphatic carbocycles. The van der Waals surface area contributed by atoms with Crippen molar-refractivity contribution in [3.05, 3.63) is 253 Å². The fourth-order valence-electron chi connectivity index (χ4n) is 9.10. The van der Waals surface area contributed by atoms with Crippen LogP contribution in [0.1, 0.15) is 22.9 Å².